The van der Waals surface area contributed by atoms with Gasteiger partial charge in [-0.3, -0.25) is 9.78 Å². The topological polar surface area (TPSA) is 83.1 Å². The summed E-state index contributed by atoms with van der Waals surface area (Å²) in [6, 6.07) is 2.85. The summed E-state index contributed by atoms with van der Waals surface area (Å²) < 4.78 is 0. The summed E-state index contributed by atoms with van der Waals surface area (Å²) in [5.41, 5.74) is 1.62. The molecule has 26 heavy (non-hydrogen) atoms. The Kier molecular flexibility index (Phi) is 6.18. The number of carbonyl (C=O) groups is 2. The summed E-state index contributed by atoms with van der Waals surface area (Å²) in [6.07, 6.45) is 8.67. The molecule has 0 bridgehead atoms. The van der Waals surface area contributed by atoms with Crippen LogP contribution in [0.15, 0.2) is 42.1 Å². The molecule has 1 aliphatic carbocycles. The number of hydrogen-bond acceptors (Lipinski definition) is 3. The molecule has 0 radical (unpaired) electrons. The third-order valence-corrected chi connectivity index (χ3v) is 3.95. The van der Waals surface area contributed by atoms with Crippen LogP contribution in [-0.4, -0.2) is 28.5 Å². The van der Waals surface area contributed by atoms with Crippen molar-refractivity contribution < 1.29 is 9.59 Å². The van der Waals surface area contributed by atoms with Crippen molar-refractivity contribution in [3.05, 3.63) is 47.8 Å². The number of allylic oxidation sites excluding steroid dienone is 3. The van der Waals surface area contributed by atoms with Gasteiger partial charge in [-0.1, -0.05) is 25.2 Å². The van der Waals surface area contributed by atoms with Crippen LogP contribution in [0.2, 0.25) is 0 Å². The molecule has 0 saturated carbocycles. The van der Waals surface area contributed by atoms with Gasteiger partial charge in [-0.05, 0) is 57.7 Å². The zero-order valence-corrected chi connectivity index (χ0v) is 16.1. The number of anilines is 1. The first-order valence-electron chi connectivity index (χ1n) is 8.87. The fourth-order valence-electron chi connectivity index (χ4n) is 2.69. The van der Waals surface area contributed by atoms with Crippen LogP contribution in [0.5, 0.6) is 0 Å². The number of amides is 3. The normalized spacial score (nSPS) is 17.9. The predicted molar refractivity (Wildman–Crippen MR) is 104 cm³/mol. The first-order valence-corrected chi connectivity index (χ1v) is 8.87. The number of aromatic nitrogens is 1. The van der Waals surface area contributed by atoms with Gasteiger partial charge in [-0.25, -0.2) is 4.79 Å². The van der Waals surface area contributed by atoms with Crippen LogP contribution >= 0.6 is 0 Å². The maximum Gasteiger partial charge on any atom is 0.319 e. The van der Waals surface area contributed by atoms with Gasteiger partial charge in [-0.2, -0.15) is 0 Å². The maximum atomic E-state index is 12.3. The van der Waals surface area contributed by atoms with Crippen molar-refractivity contribution in [2.75, 3.05) is 5.32 Å². The minimum Gasteiger partial charge on any atom is -0.346 e. The van der Waals surface area contributed by atoms with Crippen LogP contribution in [0.25, 0.3) is 0 Å². The van der Waals surface area contributed by atoms with E-state index in [9.17, 15) is 9.59 Å². The predicted octanol–water partition coefficient (Wildman–Crippen LogP) is 3.64. The van der Waals surface area contributed by atoms with Gasteiger partial charge < -0.3 is 16.0 Å². The molecule has 3 N–H and O–H groups in total. The van der Waals surface area contributed by atoms with Crippen LogP contribution in [0.4, 0.5) is 10.5 Å². The summed E-state index contributed by atoms with van der Waals surface area (Å²) in [5, 5.41) is 8.55. The van der Waals surface area contributed by atoms with E-state index in [2.05, 4.69) is 33.9 Å². The number of pyridine rings is 1. The lowest BCUT2D eigenvalue weighted by Gasteiger charge is -2.22. The van der Waals surface area contributed by atoms with E-state index in [1.165, 1.54) is 11.8 Å². The maximum absolute atomic E-state index is 12.3. The van der Waals surface area contributed by atoms with E-state index in [0.717, 1.165) is 6.42 Å². The zero-order valence-electron chi connectivity index (χ0n) is 16.1. The molecule has 2 atom stereocenters. The number of nitrogens with one attached hydrogen (secondary N) is 3. The third-order valence-electron chi connectivity index (χ3n) is 3.95. The molecule has 1 aromatic rings. The highest BCUT2D eigenvalue weighted by molar-refractivity contribution is 5.95. The van der Waals surface area contributed by atoms with Crippen LogP contribution in [0, 0.1) is 5.92 Å². The summed E-state index contributed by atoms with van der Waals surface area (Å²) in [5.74, 6) is 0.203. The molecule has 1 unspecified atom stereocenters. The van der Waals surface area contributed by atoms with Crippen molar-refractivity contribution in [1.82, 2.24) is 15.6 Å². The number of urea groups is 1. The first kappa shape index (κ1) is 19.7. The lowest BCUT2D eigenvalue weighted by atomic mass is 9.92. The largest absolute Gasteiger partial charge is 0.346 e. The van der Waals surface area contributed by atoms with E-state index in [1.54, 1.807) is 12.1 Å². The lowest BCUT2D eigenvalue weighted by molar-refractivity contribution is 0.0914. The van der Waals surface area contributed by atoms with Crippen LogP contribution < -0.4 is 16.0 Å². The molecular formula is C20H28N4O2. The minimum atomic E-state index is -0.353. The molecule has 140 valence electrons. The van der Waals surface area contributed by atoms with Crippen molar-refractivity contribution in [3.63, 3.8) is 0 Å². The highest BCUT2D eigenvalue weighted by Gasteiger charge is 2.18. The van der Waals surface area contributed by atoms with E-state index in [-0.39, 0.29) is 29.2 Å². The Morgan fingerprint density at radius 1 is 1.31 bits per heavy atom. The van der Waals surface area contributed by atoms with E-state index < -0.39 is 0 Å². The van der Waals surface area contributed by atoms with E-state index in [0.29, 0.717) is 11.6 Å². The average molecular weight is 356 g/mol. The summed E-state index contributed by atoms with van der Waals surface area (Å²) in [7, 11) is 0. The van der Waals surface area contributed by atoms with Gasteiger partial charge in [-0.15, -0.1) is 0 Å². The zero-order chi connectivity index (χ0) is 19.3. The van der Waals surface area contributed by atoms with Crippen molar-refractivity contribution in [1.29, 1.82) is 0 Å². The van der Waals surface area contributed by atoms with E-state index >= 15 is 0 Å². The second kappa shape index (κ2) is 8.17. The fraction of sp³-hybridized carbons (Fsp3) is 0.450. The van der Waals surface area contributed by atoms with Gasteiger partial charge in [0.2, 0.25) is 0 Å². The Hall–Kier alpha value is -2.63. The molecular weight excluding hydrogens is 328 g/mol. The highest BCUT2D eigenvalue weighted by Crippen LogP contribution is 2.20. The fourth-order valence-corrected chi connectivity index (χ4v) is 2.69. The molecule has 2 rings (SSSR count). The van der Waals surface area contributed by atoms with Crippen molar-refractivity contribution >= 4 is 17.6 Å². The molecule has 1 aliphatic rings. The summed E-state index contributed by atoms with van der Waals surface area (Å²) in [4.78, 5) is 28.5. The summed E-state index contributed by atoms with van der Waals surface area (Å²) in [6.45, 7) is 9.82. The van der Waals surface area contributed by atoms with Gasteiger partial charge >= 0.3 is 6.03 Å². The van der Waals surface area contributed by atoms with E-state index in [4.69, 9.17) is 0 Å². The monoisotopic (exact) mass is 356 g/mol. The summed E-state index contributed by atoms with van der Waals surface area (Å²) >= 11 is 0. The second-order valence-electron chi connectivity index (χ2n) is 7.76. The van der Waals surface area contributed by atoms with Crippen molar-refractivity contribution in [2.24, 2.45) is 5.92 Å². The molecule has 1 aromatic heterocycles. The minimum absolute atomic E-state index is 0.0621. The Labute approximate surface area is 155 Å². The van der Waals surface area contributed by atoms with E-state index in [1.807, 2.05) is 39.8 Å². The molecule has 0 saturated heterocycles. The SMILES string of the molecule is CC1C=CC=C([C@@H](C)NC(=O)Nc2ccnc(C(=O)NC(C)(C)C)c2)C1. The molecule has 1 heterocycles. The van der Waals surface area contributed by atoms with Gasteiger partial charge in [0.05, 0.1) is 0 Å². The van der Waals surface area contributed by atoms with Crippen molar-refractivity contribution in [3.8, 4) is 0 Å². The molecule has 0 aliphatic heterocycles. The standard InChI is InChI=1S/C20H28N4O2/c1-13-7-6-8-15(11-13)14(2)22-19(26)23-16-9-10-21-17(12-16)18(25)24-20(3,4)5/h6-10,12-14H,11H2,1-5H3,(H,24,25)(H2,21,22,23,26)/t13?,14-/m1/s1. The number of carbonyl (C=O) groups excluding carboxylic acids is 2. The molecule has 6 heteroatoms. The highest BCUT2D eigenvalue weighted by atomic mass is 16.2. The van der Waals surface area contributed by atoms with Gasteiger partial charge in [0.15, 0.2) is 0 Å². The Morgan fingerprint density at radius 3 is 2.69 bits per heavy atom. The quantitative estimate of drug-likeness (QED) is 0.770. The molecule has 6 nitrogen and oxygen atoms in total. The van der Waals surface area contributed by atoms with Crippen LogP contribution in [0.1, 0.15) is 51.5 Å². The Morgan fingerprint density at radius 2 is 2.04 bits per heavy atom. The van der Waals surface area contributed by atoms with Crippen LogP contribution in [0.3, 0.4) is 0 Å². The molecule has 3 amide bonds. The van der Waals surface area contributed by atoms with Gasteiger partial charge in [0.25, 0.3) is 5.91 Å². The Balaban J connectivity index is 1.97. The number of rotatable bonds is 4. The Bertz CT molecular complexity index is 732. The number of nitrogens with zero attached hydrogens (tertiary/aromatic N) is 1. The van der Waals surface area contributed by atoms with Gasteiger partial charge in [0.1, 0.15) is 5.69 Å². The molecule has 0 fully saturated rings. The average Bonchev–Trinajstić information content (AvgIpc) is 2.53. The van der Waals surface area contributed by atoms with Crippen molar-refractivity contribution in [2.45, 2.75) is 52.6 Å². The smallest absolute Gasteiger partial charge is 0.319 e. The first-order chi connectivity index (χ1) is 12.1. The third kappa shape index (κ3) is 6.02. The van der Waals surface area contributed by atoms with Gasteiger partial charge in [0, 0.05) is 23.5 Å². The molecule has 0 spiro atoms. The number of hydrogen-bond donors (Lipinski definition) is 3. The molecule has 0 aromatic carbocycles. The lowest BCUT2D eigenvalue weighted by Crippen LogP contribution is -2.41. The second-order valence-corrected chi connectivity index (χ2v) is 7.76. The van der Waals surface area contributed by atoms with Crippen LogP contribution in [-0.2, 0) is 0 Å².